The maximum atomic E-state index is 3.32. The number of benzene rings is 1. The van der Waals surface area contributed by atoms with Crippen molar-refractivity contribution in [2.24, 2.45) is 0 Å². The first-order valence-corrected chi connectivity index (χ1v) is 6.80. The molecule has 3 nitrogen and oxygen atoms in total. The van der Waals surface area contributed by atoms with Gasteiger partial charge in [0.1, 0.15) is 0 Å². The maximum Gasteiger partial charge on any atom is 0.0544 e. The number of rotatable bonds is 3. The van der Waals surface area contributed by atoms with Crippen LogP contribution in [0.1, 0.15) is 12.5 Å². The van der Waals surface area contributed by atoms with Gasteiger partial charge in [0.05, 0.1) is 6.04 Å². The second-order valence-electron chi connectivity index (χ2n) is 5.52. The van der Waals surface area contributed by atoms with Gasteiger partial charge < -0.3 is 15.1 Å². The Labute approximate surface area is 111 Å². The number of hydrogen-bond donors (Lipinski definition) is 1. The third-order valence-electron chi connectivity index (χ3n) is 3.74. The fraction of sp³-hybridized carbons (Fsp3) is 0.600. The van der Waals surface area contributed by atoms with Crippen LogP contribution in [0, 0.1) is 6.92 Å². The van der Waals surface area contributed by atoms with Gasteiger partial charge >= 0.3 is 0 Å². The first-order valence-electron chi connectivity index (χ1n) is 6.80. The molecule has 18 heavy (non-hydrogen) atoms. The van der Waals surface area contributed by atoms with Gasteiger partial charge in [-0.2, -0.15) is 0 Å². The summed E-state index contributed by atoms with van der Waals surface area (Å²) in [4.78, 5) is 4.99. The van der Waals surface area contributed by atoms with Gasteiger partial charge in [-0.25, -0.2) is 0 Å². The van der Waals surface area contributed by atoms with Crippen LogP contribution in [0.4, 0.5) is 5.69 Å². The van der Waals surface area contributed by atoms with E-state index in [1.807, 2.05) is 7.05 Å². The van der Waals surface area contributed by atoms with Gasteiger partial charge in [0.25, 0.3) is 0 Å². The number of likely N-dealkylation sites (N-methyl/N-ethyl adjacent to an activating group) is 2. The molecule has 2 atom stereocenters. The van der Waals surface area contributed by atoms with Gasteiger partial charge in [-0.05, 0) is 40.1 Å². The summed E-state index contributed by atoms with van der Waals surface area (Å²) in [6.07, 6.45) is 0. The molecule has 0 spiro atoms. The third kappa shape index (κ3) is 2.85. The zero-order chi connectivity index (χ0) is 13.1. The van der Waals surface area contributed by atoms with Crippen molar-refractivity contribution in [1.82, 2.24) is 10.2 Å². The fourth-order valence-electron chi connectivity index (χ4n) is 3.00. The molecule has 1 aromatic rings. The average molecular weight is 247 g/mol. The van der Waals surface area contributed by atoms with E-state index in [-0.39, 0.29) is 0 Å². The number of anilines is 1. The lowest BCUT2D eigenvalue weighted by Gasteiger charge is -2.46. The molecule has 1 aromatic carbocycles. The van der Waals surface area contributed by atoms with Gasteiger partial charge in [-0.3, -0.25) is 0 Å². The first kappa shape index (κ1) is 13.4. The van der Waals surface area contributed by atoms with Crippen LogP contribution in [0.15, 0.2) is 24.3 Å². The SMILES string of the molecule is CNCC1CN(C)CC(C)N1c1ccc(C)cc1. The highest BCUT2D eigenvalue weighted by Gasteiger charge is 2.30. The molecule has 1 saturated heterocycles. The van der Waals surface area contributed by atoms with Gasteiger partial charge in [0.15, 0.2) is 0 Å². The van der Waals surface area contributed by atoms with E-state index in [0.29, 0.717) is 12.1 Å². The summed E-state index contributed by atoms with van der Waals surface area (Å²) in [5.74, 6) is 0. The minimum Gasteiger partial charge on any atom is -0.362 e. The van der Waals surface area contributed by atoms with E-state index in [2.05, 4.69) is 60.3 Å². The fourth-order valence-corrected chi connectivity index (χ4v) is 3.00. The summed E-state index contributed by atoms with van der Waals surface area (Å²) in [7, 11) is 4.25. The predicted octanol–water partition coefficient (Wildman–Crippen LogP) is 1.72. The van der Waals surface area contributed by atoms with E-state index in [0.717, 1.165) is 19.6 Å². The average Bonchev–Trinajstić information content (AvgIpc) is 2.31. The summed E-state index contributed by atoms with van der Waals surface area (Å²) in [5.41, 5.74) is 2.67. The maximum absolute atomic E-state index is 3.32. The Balaban J connectivity index is 2.23. The quantitative estimate of drug-likeness (QED) is 0.877. The molecule has 1 aliphatic heterocycles. The lowest BCUT2D eigenvalue weighted by atomic mass is 10.0. The summed E-state index contributed by atoms with van der Waals surface area (Å²) in [6, 6.07) is 10.0. The van der Waals surface area contributed by atoms with Crippen LogP contribution in [-0.4, -0.2) is 50.7 Å². The summed E-state index contributed by atoms with van der Waals surface area (Å²) >= 11 is 0. The van der Waals surface area contributed by atoms with Gasteiger partial charge in [0, 0.05) is 31.4 Å². The Morgan fingerprint density at radius 1 is 1.22 bits per heavy atom. The van der Waals surface area contributed by atoms with Crippen molar-refractivity contribution < 1.29 is 0 Å². The van der Waals surface area contributed by atoms with E-state index >= 15 is 0 Å². The Morgan fingerprint density at radius 3 is 2.50 bits per heavy atom. The molecule has 0 amide bonds. The highest BCUT2D eigenvalue weighted by atomic mass is 15.3. The topological polar surface area (TPSA) is 18.5 Å². The standard InChI is InChI=1S/C15H25N3/c1-12-5-7-14(8-6-12)18-13(2)10-17(4)11-15(18)9-16-3/h5-8,13,15-16H,9-11H2,1-4H3. The van der Waals surface area contributed by atoms with Crippen LogP contribution in [0.5, 0.6) is 0 Å². The Morgan fingerprint density at radius 2 is 1.89 bits per heavy atom. The van der Waals surface area contributed by atoms with Crippen LogP contribution in [0.3, 0.4) is 0 Å². The molecule has 0 radical (unpaired) electrons. The lowest BCUT2D eigenvalue weighted by molar-refractivity contribution is 0.231. The van der Waals surface area contributed by atoms with Crippen molar-refractivity contribution in [3.63, 3.8) is 0 Å². The molecular formula is C15H25N3. The van der Waals surface area contributed by atoms with Gasteiger partial charge in [0.2, 0.25) is 0 Å². The van der Waals surface area contributed by atoms with Crippen LogP contribution >= 0.6 is 0 Å². The summed E-state index contributed by atoms with van der Waals surface area (Å²) < 4.78 is 0. The number of aryl methyl sites for hydroxylation is 1. The predicted molar refractivity (Wildman–Crippen MR) is 78.3 cm³/mol. The number of nitrogens with one attached hydrogen (secondary N) is 1. The highest BCUT2D eigenvalue weighted by Crippen LogP contribution is 2.24. The van der Waals surface area contributed by atoms with Gasteiger partial charge in [-0.1, -0.05) is 17.7 Å². The Hall–Kier alpha value is -1.06. The molecule has 1 N–H and O–H groups in total. The van der Waals surface area contributed by atoms with Crippen molar-refractivity contribution in [2.45, 2.75) is 25.9 Å². The van der Waals surface area contributed by atoms with Crippen molar-refractivity contribution in [3.8, 4) is 0 Å². The molecule has 1 heterocycles. The molecule has 100 valence electrons. The molecule has 3 heteroatoms. The first-order chi connectivity index (χ1) is 8.61. The van der Waals surface area contributed by atoms with Crippen molar-refractivity contribution in [2.75, 3.05) is 38.6 Å². The zero-order valence-corrected chi connectivity index (χ0v) is 12.0. The smallest absolute Gasteiger partial charge is 0.0544 e. The van der Waals surface area contributed by atoms with E-state index < -0.39 is 0 Å². The number of hydrogen-bond acceptors (Lipinski definition) is 3. The monoisotopic (exact) mass is 247 g/mol. The molecule has 0 saturated carbocycles. The van der Waals surface area contributed by atoms with Crippen LogP contribution < -0.4 is 10.2 Å². The summed E-state index contributed by atoms with van der Waals surface area (Å²) in [5, 5.41) is 3.32. The molecule has 0 aromatic heterocycles. The van der Waals surface area contributed by atoms with Crippen LogP contribution in [-0.2, 0) is 0 Å². The Bertz CT molecular complexity index is 374. The van der Waals surface area contributed by atoms with Crippen molar-refractivity contribution in [3.05, 3.63) is 29.8 Å². The molecular weight excluding hydrogens is 222 g/mol. The number of piperazine rings is 1. The van der Waals surface area contributed by atoms with Crippen LogP contribution in [0.25, 0.3) is 0 Å². The third-order valence-corrected chi connectivity index (χ3v) is 3.74. The highest BCUT2D eigenvalue weighted by molar-refractivity contribution is 5.50. The minimum atomic E-state index is 0.548. The number of nitrogens with zero attached hydrogens (tertiary/aromatic N) is 2. The molecule has 1 fully saturated rings. The minimum absolute atomic E-state index is 0.548. The second kappa shape index (κ2) is 5.72. The molecule has 1 aliphatic rings. The second-order valence-corrected chi connectivity index (χ2v) is 5.52. The van der Waals surface area contributed by atoms with Crippen molar-refractivity contribution >= 4 is 5.69 Å². The van der Waals surface area contributed by atoms with Gasteiger partial charge in [-0.15, -0.1) is 0 Å². The molecule has 0 aliphatic carbocycles. The molecule has 0 bridgehead atoms. The molecule has 2 rings (SSSR count). The van der Waals surface area contributed by atoms with E-state index in [1.54, 1.807) is 0 Å². The largest absolute Gasteiger partial charge is 0.362 e. The zero-order valence-electron chi connectivity index (χ0n) is 12.0. The van der Waals surface area contributed by atoms with E-state index in [1.165, 1.54) is 11.3 Å². The van der Waals surface area contributed by atoms with E-state index in [9.17, 15) is 0 Å². The normalized spacial score (nSPS) is 25.4. The van der Waals surface area contributed by atoms with Crippen molar-refractivity contribution in [1.29, 1.82) is 0 Å². The molecule has 2 unspecified atom stereocenters. The lowest BCUT2D eigenvalue weighted by Crippen LogP contribution is -2.59. The Kier molecular flexibility index (Phi) is 4.25. The van der Waals surface area contributed by atoms with E-state index in [4.69, 9.17) is 0 Å². The van der Waals surface area contributed by atoms with Crippen LogP contribution in [0.2, 0.25) is 0 Å². The summed E-state index contributed by atoms with van der Waals surface area (Å²) in [6.45, 7) is 7.75.